The second-order valence-corrected chi connectivity index (χ2v) is 14.5. The molecule has 0 spiro atoms. The minimum absolute atomic E-state index is 0.901. The molecule has 256 valence electrons. The quantitative estimate of drug-likeness (QED) is 0.163. The van der Waals surface area contributed by atoms with Gasteiger partial charge < -0.3 is 4.42 Å². The van der Waals surface area contributed by atoms with Crippen LogP contribution in [0.2, 0.25) is 0 Å². The van der Waals surface area contributed by atoms with Gasteiger partial charge in [-0.1, -0.05) is 170 Å². The van der Waals surface area contributed by atoms with Crippen molar-refractivity contribution in [1.82, 2.24) is 0 Å². The Balaban J connectivity index is 1.03. The summed E-state index contributed by atoms with van der Waals surface area (Å²) in [4.78, 5) is 0. The van der Waals surface area contributed by atoms with Crippen molar-refractivity contribution in [2.24, 2.45) is 0 Å². The van der Waals surface area contributed by atoms with Crippen molar-refractivity contribution in [2.75, 3.05) is 0 Å². The van der Waals surface area contributed by atoms with Crippen LogP contribution in [0.1, 0.15) is 0 Å². The van der Waals surface area contributed by atoms with Crippen molar-refractivity contribution >= 4 is 54.3 Å². The lowest BCUT2D eigenvalue weighted by Gasteiger charge is -2.18. The zero-order valence-electron chi connectivity index (χ0n) is 30.0. The molecule has 0 amide bonds. The molecule has 1 aromatic heterocycles. The van der Waals surface area contributed by atoms with Crippen molar-refractivity contribution in [2.45, 2.75) is 0 Å². The largest absolute Gasteiger partial charge is 0.456 e. The molecule has 0 unspecified atom stereocenters. The molecule has 10 aromatic carbocycles. The maximum atomic E-state index is 6.32. The first-order valence-corrected chi connectivity index (χ1v) is 18.9. The highest BCUT2D eigenvalue weighted by Gasteiger charge is 2.18. The summed E-state index contributed by atoms with van der Waals surface area (Å²) in [6.07, 6.45) is 0. The summed E-state index contributed by atoms with van der Waals surface area (Å²) in [6, 6.07) is 74.8. The molecule has 0 saturated heterocycles. The van der Waals surface area contributed by atoms with Crippen LogP contribution in [-0.2, 0) is 0 Å². The van der Waals surface area contributed by atoms with Crippen LogP contribution in [0.3, 0.4) is 0 Å². The van der Waals surface area contributed by atoms with E-state index in [-0.39, 0.29) is 0 Å². The first kappa shape index (κ1) is 31.3. The smallest absolute Gasteiger partial charge is 0.135 e. The Hall–Kier alpha value is -7.22. The van der Waals surface area contributed by atoms with Crippen molar-refractivity contribution in [3.63, 3.8) is 0 Å². The van der Waals surface area contributed by atoms with Gasteiger partial charge in [0.25, 0.3) is 0 Å². The highest BCUT2D eigenvalue weighted by molar-refractivity contribution is 6.21. The summed E-state index contributed by atoms with van der Waals surface area (Å²) in [5, 5.41) is 9.77. The third kappa shape index (κ3) is 5.32. The van der Waals surface area contributed by atoms with Crippen LogP contribution in [0.25, 0.3) is 110 Å². The van der Waals surface area contributed by atoms with E-state index in [4.69, 9.17) is 4.42 Å². The summed E-state index contributed by atoms with van der Waals surface area (Å²) in [6.45, 7) is 0. The molecule has 0 atom stereocenters. The van der Waals surface area contributed by atoms with E-state index in [0.717, 1.165) is 21.9 Å². The lowest BCUT2D eigenvalue weighted by molar-refractivity contribution is 0.669. The number of fused-ring (bicyclic) bond motifs is 6. The predicted octanol–water partition coefficient (Wildman–Crippen LogP) is 15.4. The van der Waals surface area contributed by atoms with Crippen LogP contribution in [0.5, 0.6) is 0 Å². The second-order valence-electron chi connectivity index (χ2n) is 14.5. The molecule has 1 nitrogen and oxygen atoms in total. The van der Waals surface area contributed by atoms with Gasteiger partial charge in [0, 0.05) is 10.8 Å². The van der Waals surface area contributed by atoms with Gasteiger partial charge in [0.15, 0.2) is 0 Å². The molecule has 0 aliphatic carbocycles. The molecule has 0 radical (unpaired) electrons. The zero-order valence-corrected chi connectivity index (χ0v) is 30.0. The topological polar surface area (TPSA) is 13.1 Å². The van der Waals surface area contributed by atoms with E-state index >= 15 is 0 Å². The van der Waals surface area contributed by atoms with E-state index in [1.807, 2.05) is 0 Å². The Morgan fingerprint density at radius 1 is 0.218 bits per heavy atom. The molecule has 11 rings (SSSR count). The maximum Gasteiger partial charge on any atom is 0.135 e. The van der Waals surface area contributed by atoms with Gasteiger partial charge >= 0.3 is 0 Å². The molecule has 1 heterocycles. The molecule has 0 aliphatic rings. The van der Waals surface area contributed by atoms with E-state index in [1.165, 1.54) is 88.0 Å². The number of furan rings is 1. The average Bonchev–Trinajstić information content (AvgIpc) is 3.63. The van der Waals surface area contributed by atoms with Crippen LogP contribution in [0, 0.1) is 0 Å². The van der Waals surface area contributed by atoms with E-state index < -0.39 is 0 Å². The van der Waals surface area contributed by atoms with Crippen molar-refractivity contribution in [1.29, 1.82) is 0 Å². The Bertz CT molecular complexity index is 3180. The standard InChI is InChI=1S/C54H34O/c1-2-11-35(12-3-1)42-27-29-51-49(33-42)50-34-43(28-30-52(50)55-51)40-15-10-16-44(32-40)54-47-19-8-6-17-45(47)53(46-18-7-9-20-48(46)54)38-24-21-37(22-25-38)41-26-23-36-13-4-5-14-39(36)31-41/h1-34H. The average molecular weight is 699 g/mol. The Morgan fingerprint density at radius 3 is 1.29 bits per heavy atom. The summed E-state index contributed by atoms with van der Waals surface area (Å²) in [5.74, 6) is 0. The zero-order chi connectivity index (χ0) is 36.3. The third-order valence-electron chi connectivity index (χ3n) is 11.2. The van der Waals surface area contributed by atoms with Crippen molar-refractivity contribution in [3.05, 3.63) is 206 Å². The Labute approximate surface area is 319 Å². The molecule has 0 N–H and O–H groups in total. The summed E-state index contributed by atoms with van der Waals surface area (Å²) < 4.78 is 6.32. The fourth-order valence-electron chi connectivity index (χ4n) is 8.57. The van der Waals surface area contributed by atoms with Crippen LogP contribution in [-0.4, -0.2) is 0 Å². The van der Waals surface area contributed by atoms with E-state index in [0.29, 0.717) is 0 Å². The van der Waals surface area contributed by atoms with Crippen LogP contribution < -0.4 is 0 Å². The molecular weight excluding hydrogens is 665 g/mol. The molecule has 0 bridgehead atoms. The summed E-state index contributed by atoms with van der Waals surface area (Å²) in [5.41, 5.74) is 13.9. The molecule has 0 aliphatic heterocycles. The fourth-order valence-corrected chi connectivity index (χ4v) is 8.57. The van der Waals surface area contributed by atoms with Gasteiger partial charge in [0.1, 0.15) is 11.2 Å². The second kappa shape index (κ2) is 12.7. The molecule has 1 heteroatoms. The molecule has 0 fully saturated rings. The van der Waals surface area contributed by atoms with Gasteiger partial charge in [0.2, 0.25) is 0 Å². The van der Waals surface area contributed by atoms with E-state index in [2.05, 4.69) is 206 Å². The first-order valence-electron chi connectivity index (χ1n) is 18.9. The predicted molar refractivity (Wildman–Crippen MR) is 233 cm³/mol. The number of benzene rings is 10. The fraction of sp³-hybridized carbons (Fsp3) is 0. The van der Waals surface area contributed by atoms with Gasteiger partial charge in [-0.3, -0.25) is 0 Å². The number of hydrogen-bond acceptors (Lipinski definition) is 1. The van der Waals surface area contributed by atoms with E-state index in [1.54, 1.807) is 0 Å². The minimum Gasteiger partial charge on any atom is -0.456 e. The van der Waals surface area contributed by atoms with Crippen LogP contribution >= 0.6 is 0 Å². The van der Waals surface area contributed by atoms with E-state index in [9.17, 15) is 0 Å². The number of rotatable bonds is 5. The minimum atomic E-state index is 0.901. The molecule has 11 aromatic rings. The van der Waals surface area contributed by atoms with Crippen LogP contribution in [0.4, 0.5) is 0 Å². The first-order chi connectivity index (χ1) is 27.2. The highest BCUT2D eigenvalue weighted by Crippen LogP contribution is 2.45. The van der Waals surface area contributed by atoms with Crippen molar-refractivity contribution in [3.8, 4) is 55.6 Å². The number of hydrogen-bond donors (Lipinski definition) is 0. The summed E-state index contributed by atoms with van der Waals surface area (Å²) in [7, 11) is 0. The normalized spacial score (nSPS) is 11.6. The lowest BCUT2D eigenvalue weighted by Crippen LogP contribution is -1.91. The van der Waals surface area contributed by atoms with Gasteiger partial charge in [-0.15, -0.1) is 0 Å². The van der Waals surface area contributed by atoms with Crippen molar-refractivity contribution < 1.29 is 4.42 Å². The lowest BCUT2D eigenvalue weighted by atomic mass is 9.85. The van der Waals surface area contributed by atoms with Crippen LogP contribution in [0.15, 0.2) is 211 Å². The maximum absolute atomic E-state index is 6.32. The third-order valence-corrected chi connectivity index (χ3v) is 11.2. The molecule has 55 heavy (non-hydrogen) atoms. The van der Waals surface area contributed by atoms with Gasteiger partial charge in [-0.05, 0) is 124 Å². The monoisotopic (exact) mass is 698 g/mol. The molecule has 0 saturated carbocycles. The molecular formula is C54H34O. The van der Waals surface area contributed by atoms with Gasteiger partial charge in [-0.25, -0.2) is 0 Å². The Kier molecular flexibility index (Phi) is 7.25. The summed E-state index contributed by atoms with van der Waals surface area (Å²) >= 11 is 0. The van der Waals surface area contributed by atoms with Gasteiger partial charge in [-0.2, -0.15) is 0 Å². The van der Waals surface area contributed by atoms with Gasteiger partial charge in [0.05, 0.1) is 0 Å². The Morgan fingerprint density at radius 2 is 0.636 bits per heavy atom. The highest BCUT2D eigenvalue weighted by atomic mass is 16.3. The SMILES string of the molecule is c1ccc(-c2ccc3oc4ccc(-c5cccc(-c6c7ccccc7c(-c7ccc(-c8ccc9ccccc9c8)cc7)c7ccccc67)c5)cc4c3c2)cc1.